The minimum atomic E-state index is -3.99. The molecule has 0 spiro atoms. The van der Waals surface area contributed by atoms with Crippen molar-refractivity contribution in [1.29, 1.82) is 0 Å². The highest BCUT2D eigenvalue weighted by Gasteiger charge is 2.52. The molecule has 2 rings (SSSR count). The SMILES string of the molecule is CC(C)[C@@H]1O[C@@H]2COP(=O)(O)OC2C1O. The van der Waals surface area contributed by atoms with Crippen molar-refractivity contribution in [3.05, 3.63) is 0 Å². The average Bonchev–Trinajstić information content (AvgIpc) is 2.42. The van der Waals surface area contributed by atoms with Gasteiger partial charge in [0.05, 0.1) is 12.7 Å². The lowest BCUT2D eigenvalue weighted by Crippen LogP contribution is -2.40. The summed E-state index contributed by atoms with van der Waals surface area (Å²) in [7, 11) is -3.99. The van der Waals surface area contributed by atoms with E-state index in [1.807, 2.05) is 13.8 Å². The molecule has 2 aliphatic rings. The molecular formula is C8H15O6P. The molecule has 0 amide bonds. The van der Waals surface area contributed by atoms with Crippen LogP contribution in [0.5, 0.6) is 0 Å². The molecule has 0 aliphatic carbocycles. The van der Waals surface area contributed by atoms with Gasteiger partial charge in [-0.15, -0.1) is 0 Å². The molecule has 3 unspecified atom stereocenters. The van der Waals surface area contributed by atoms with Gasteiger partial charge in [0.15, 0.2) is 0 Å². The second-order valence-corrected chi connectivity index (χ2v) is 5.61. The topological polar surface area (TPSA) is 85.2 Å². The Morgan fingerprint density at radius 3 is 2.73 bits per heavy atom. The van der Waals surface area contributed by atoms with Crippen LogP contribution in [0.2, 0.25) is 0 Å². The Bertz CT molecular complexity index is 293. The van der Waals surface area contributed by atoms with Crippen LogP contribution in [0.3, 0.4) is 0 Å². The Hall–Kier alpha value is 0.0300. The van der Waals surface area contributed by atoms with Gasteiger partial charge in [-0.05, 0) is 5.92 Å². The molecule has 6 nitrogen and oxygen atoms in total. The molecule has 5 atom stereocenters. The Morgan fingerprint density at radius 2 is 2.13 bits per heavy atom. The maximum absolute atomic E-state index is 11.1. The summed E-state index contributed by atoms with van der Waals surface area (Å²) in [5.41, 5.74) is 0. The third-order valence-corrected chi connectivity index (χ3v) is 3.67. The van der Waals surface area contributed by atoms with E-state index < -0.39 is 26.1 Å². The molecule has 2 N–H and O–H groups in total. The van der Waals surface area contributed by atoms with Gasteiger partial charge >= 0.3 is 7.82 Å². The standard InChI is InChI=1S/C8H15O6P/c1-4(2)7-6(9)8-5(13-7)3-12-15(10,11)14-8/h4-9H,3H2,1-2H3,(H,10,11)/t5-,6?,7+,8?/m1/s1. The summed E-state index contributed by atoms with van der Waals surface area (Å²) < 4.78 is 26.1. The van der Waals surface area contributed by atoms with Crippen LogP contribution in [0.4, 0.5) is 0 Å². The zero-order valence-electron chi connectivity index (χ0n) is 8.57. The van der Waals surface area contributed by atoms with Crippen molar-refractivity contribution in [3.63, 3.8) is 0 Å². The smallest absolute Gasteiger partial charge is 0.388 e. The van der Waals surface area contributed by atoms with Crippen LogP contribution in [-0.2, 0) is 18.3 Å². The zero-order chi connectivity index (χ0) is 11.2. The van der Waals surface area contributed by atoms with Crippen LogP contribution in [0, 0.1) is 5.92 Å². The Kier molecular flexibility index (Phi) is 2.92. The van der Waals surface area contributed by atoms with E-state index in [0.29, 0.717) is 0 Å². The van der Waals surface area contributed by atoms with Crippen molar-refractivity contribution in [2.45, 2.75) is 38.3 Å². The Balaban J connectivity index is 2.12. The number of hydrogen-bond donors (Lipinski definition) is 2. The van der Waals surface area contributed by atoms with Gasteiger partial charge in [-0.25, -0.2) is 4.57 Å². The lowest BCUT2D eigenvalue weighted by Gasteiger charge is -2.28. The summed E-state index contributed by atoms with van der Waals surface area (Å²) in [6.07, 6.45) is -2.47. The Labute approximate surface area is 87.8 Å². The molecule has 0 radical (unpaired) electrons. The fourth-order valence-electron chi connectivity index (χ4n) is 1.93. The molecule has 15 heavy (non-hydrogen) atoms. The number of hydrogen-bond acceptors (Lipinski definition) is 5. The van der Waals surface area contributed by atoms with Gasteiger partial charge in [-0.3, -0.25) is 9.05 Å². The fraction of sp³-hybridized carbons (Fsp3) is 1.00. The Morgan fingerprint density at radius 1 is 1.47 bits per heavy atom. The predicted octanol–water partition coefficient (Wildman–Crippen LogP) is 0.286. The molecule has 2 heterocycles. The van der Waals surface area contributed by atoms with Crippen molar-refractivity contribution in [2.24, 2.45) is 5.92 Å². The highest BCUT2D eigenvalue weighted by atomic mass is 31.2. The summed E-state index contributed by atoms with van der Waals surface area (Å²) in [5, 5.41) is 9.85. The van der Waals surface area contributed by atoms with E-state index in [1.54, 1.807) is 0 Å². The van der Waals surface area contributed by atoms with E-state index in [1.165, 1.54) is 0 Å². The van der Waals surface area contributed by atoms with E-state index in [4.69, 9.17) is 14.2 Å². The number of rotatable bonds is 1. The molecular weight excluding hydrogens is 223 g/mol. The molecule has 0 bridgehead atoms. The molecule has 0 aromatic rings. The second kappa shape index (κ2) is 3.80. The van der Waals surface area contributed by atoms with E-state index in [0.717, 1.165) is 0 Å². The first-order valence-corrected chi connectivity index (χ1v) is 6.39. The van der Waals surface area contributed by atoms with Crippen LogP contribution in [0.25, 0.3) is 0 Å². The predicted molar refractivity (Wildman–Crippen MR) is 50.2 cm³/mol. The van der Waals surface area contributed by atoms with Crippen molar-refractivity contribution < 1.29 is 28.3 Å². The summed E-state index contributed by atoms with van der Waals surface area (Å²) in [4.78, 5) is 9.11. The number of phosphoric ester groups is 1. The molecule has 2 aliphatic heterocycles. The lowest BCUT2D eigenvalue weighted by atomic mass is 10.00. The van der Waals surface area contributed by atoms with Crippen molar-refractivity contribution in [1.82, 2.24) is 0 Å². The van der Waals surface area contributed by atoms with Crippen molar-refractivity contribution >= 4 is 7.82 Å². The summed E-state index contributed by atoms with van der Waals surface area (Å²) in [6.45, 7) is 3.80. The first kappa shape index (κ1) is 11.5. The second-order valence-electron chi connectivity index (χ2n) is 4.21. The minimum absolute atomic E-state index is 0.0152. The summed E-state index contributed by atoms with van der Waals surface area (Å²) in [6, 6.07) is 0. The largest absolute Gasteiger partial charge is 0.472 e. The van der Waals surface area contributed by atoms with Gasteiger partial charge in [-0.2, -0.15) is 0 Å². The maximum atomic E-state index is 11.1. The van der Waals surface area contributed by atoms with Gasteiger partial charge in [0, 0.05) is 0 Å². The highest BCUT2D eigenvalue weighted by molar-refractivity contribution is 7.47. The first-order chi connectivity index (χ1) is 6.91. The van der Waals surface area contributed by atoms with Gasteiger partial charge in [-0.1, -0.05) is 13.8 Å². The van der Waals surface area contributed by atoms with Crippen molar-refractivity contribution in [2.75, 3.05) is 6.61 Å². The molecule has 7 heteroatoms. The van der Waals surface area contributed by atoms with Crippen LogP contribution in [-0.4, -0.2) is 41.0 Å². The average molecular weight is 238 g/mol. The fourth-order valence-corrected chi connectivity index (χ4v) is 2.90. The summed E-state index contributed by atoms with van der Waals surface area (Å²) in [5.74, 6) is 0.118. The van der Waals surface area contributed by atoms with Crippen LogP contribution in [0.1, 0.15) is 13.8 Å². The van der Waals surface area contributed by atoms with E-state index in [9.17, 15) is 9.67 Å². The monoisotopic (exact) mass is 238 g/mol. The number of phosphoric acid groups is 1. The number of aliphatic hydroxyl groups excluding tert-OH is 1. The molecule has 0 aromatic carbocycles. The van der Waals surface area contributed by atoms with Gasteiger partial charge < -0.3 is 14.7 Å². The van der Waals surface area contributed by atoms with Gasteiger partial charge in [0.1, 0.15) is 18.3 Å². The first-order valence-electron chi connectivity index (χ1n) is 4.90. The molecule has 0 aromatic heterocycles. The van der Waals surface area contributed by atoms with Crippen LogP contribution in [0.15, 0.2) is 0 Å². The number of fused-ring (bicyclic) bond motifs is 1. The lowest BCUT2D eigenvalue weighted by molar-refractivity contribution is -0.0595. The van der Waals surface area contributed by atoms with Gasteiger partial charge in [0.25, 0.3) is 0 Å². The third-order valence-electron chi connectivity index (χ3n) is 2.69. The van der Waals surface area contributed by atoms with E-state index >= 15 is 0 Å². The minimum Gasteiger partial charge on any atom is -0.388 e. The highest BCUT2D eigenvalue weighted by Crippen LogP contribution is 2.51. The van der Waals surface area contributed by atoms with Gasteiger partial charge in [0.2, 0.25) is 0 Å². The molecule has 88 valence electrons. The normalized spacial score (nSPS) is 50.7. The van der Waals surface area contributed by atoms with Crippen molar-refractivity contribution in [3.8, 4) is 0 Å². The van der Waals surface area contributed by atoms with Crippen LogP contribution < -0.4 is 0 Å². The van der Waals surface area contributed by atoms with Crippen LogP contribution >= 0.6 is 7.82 Å². The maximum Gasteiger partial charge on any atom is 0.472 e. The number of ether oxygens (including phenoxy) is 1. The zero-order valence-corrected chi connectivity index (χ0v) is 9.46. The summed E-state index contributed by atoms with van der Waals surface area (Å²) >= 11 is 0. The third kappa shape index (κ3) is 2.11. The molecule has 2 saturated heterocycles. The quantitative estimate of drug-likeness (QED) is 0.638. The van der Waals surface area contributed by atoms with E-state index in [2.05, 4.69) is 4.52 Å². The van der Waals surface area contributed by atoms with E-state index in [-0.39, 0.29) is 18.6 Å². The molecule has 2 fully saturated rings. The molecule has 0 saturated carbocycles. The number of aliphatic hydroxyl groups is 1.